The lowest BCUT2D eigenvalue weighted by Gasteiger charge is -2.17. The van der Waals surface area contributed by atoms with Gasteiger partial charge in [-0.2, -0.15) is 4.90 Å². The summed E-state index contributed by atoms with van der Waals surface area (Å²) >= 11 is 5.19. The minimum atomic E-state index is -0.461. The molecule has 0 fully saturated rings. The van der Waals surface area contributed by atoms with Gasteiger partial charge < -0.3 is 10.1 Å². The fraction of sp³-hybridized carbons (Fsp3) is 0.727. The van der Waals surface area contributed by atoms with Crippen LogP contribution in [0.4, 0.5) is 4.79 Å². The van der Waals surface area contributed by atoms with Crippen molar-refractivity contribution in [2.24, 2.45) is 0 Å². The lowest BCUT2D eigenvalue weighted by Crippen LogP contribution is -2.53. The van der Waals surface area contributed by atoms with Gasteiger partial charge in [0.25, 0.3) is 0 Å². The molecule has 0 aliphatic carbocycles. The number of guanidine groups is 1. The van der Waals surface area contributed by atoms with Crippen molar-refractivity contribution in [2.45, 2.75) is 26.3 Å². The number of amides is 1. The van der Waals surface area contributed by atoms with Crippen LogP contribution < -0.4 is 10.6 Å². The summed E-state index contributed by atoms with van der Waals surface area (Å²) in [5.74, 6) is 0.544. The van der Waals surface area contributed by atoms with Gasteiger partial charge in [0.05, 0.1) is 28.3 Å². The number of hydrogen-bond acceptors (Lipinski definition) is 3. The second-order valence-corrected chi connectivity index (χ2v) is 4.56. The van der Waals surface area contributed by atoms with Crippen molar-refractivity contribution in [1.29, 1.82) is 0 Å². The van der Waals surface area contributed by atoms with E-state index >= 15 is 0 Å². The molecule has 0 heterocycles. The van der Waals surface area contributed by atoms with Gasteiger partial charge in [-0.25, -0.2) is 10.1 Å². The van der Waals surface area contributed by atoms with Crippen LogP contribution in [0.2, 0.25) is 0 Å². The number of rotatable bonds is 2. The van der Waals surface area contributed by atoms with Crippen molar-refractivity contribution in [3.05, 3.63) is 0 Å². The third kappa shape index (κ3) is 5.31. The average Bonchev–Trinajstić information content (AvgIpc) is 2.33. The minimum absolute atomic E-state index is 0.275. The van der Waals surface area contributed by atoms with Gasteiger partial charge in [-0.05, 0) is 25.6 Å². The molecule has 0 saturated heterocycles. The molecule has 18 heavy (non-hydrogen) atoms. The Morgan fingerprint density at radius 1 is 1.50 bits per heavy atom. The predicted molar refractivity (Wildman–Crippen MR) is 75.9 cm³/mol. The normalized spacial score (nSPS) is 11.2. The molecule has 0 bridgehead atoms. The highest BCUT2D eigenvalue weighted by Gasteiger charge is 2.25. The molecular formula is C11H23N4O2S+. The first-order valence-electron chi connectivity index (χ1n) is 5.76. The number of thiocarbonyl (C=S) groups is 1. The first kappa shape index (κ1) is 16.6. The molecule has 0 aromatic rings. The van der Waals surface area contributed by atoms with Gasteiger partial charge in [0.1, 0.15) is 0 Å². The highest BCUT2D eigenvalue weighted by molar-refractivity contribution is 7.80. The van der Waals surface area contributed by atoms with E-state index in [-0.39, 0.29) is 6.04 Å². The summed E-state index contributed by atoms with van der Waals surface area (Å²) in [7, 11) is 6.57. The molecule has 0 rings (SSSR count). The summed E-state index contributed by atoms with van der Waals surface area (Å²) in [6.07, 6.45) is 0.504. The Morgan fingerprint density at radius 3 is 2.44 bits per heavy atom. The van der Waals surface area contributed by atoms with Crippen LogP contribution in [0.5, 0.6) is 0 Å². The van der Waals surface area contributed by atoms with Crippen LogP contribution in [0.1, 0.15) is 20.3 Å². The Balaban J connectivity index is 4.72. The molecule has 0 aromatic carbocycles. The lowest BCUT2D eigenvalue weighted by molar-refractivity contribution is -0.471. The van der Waals surface area contributed by atoms with Crippen molar-refractivity contribution >= 4 is 29.4 Å². The van der Waals surface area contributed by atoms with E-state index in [1.807, 2.05) is 21.0 Å². The van der Waals surface area contributed by atoms with E-state index in [2.05, 4.69) is 22.3 Å². The van der Waals surface area contributed by atoms with E-state index in [1.54, 1.807) is 11.6 Å². The molecule has 0 saturated carbocycles. The molecule has 0 aromatic heterocycles. The number of nitrogens with one attached hydrogen (secondary N) is 2. The standard InChI is InChI=1S/C11H22N4O2S/c1-7-8(2)12-9(18)13-10(14(3)4)15(5)11(16)17-6/h8H,7H2,1-6H3,(H,12,18)/p+1. The summed E-state index contributed by atoms with van der Waals surface area (Å²) < 4.78 is 6.41. The van der Waals surface area contributed by atoms with Crippen LogP contribution in [-0.4, -0.2) is 60.9 Å². The first-order chi connectivity index (χ1) is 8.33. The molecule has 6 nitrogen and oxygen atoms in total. The molecule has 1 atom stereocenters. The van der Waals surface area contributed by atoms with Gasteiger partial charge in [-0.15, -0.1) is 0 Å². The summed E-state index contributed by atoms with van der Waals surface area (Å²) in [4.78, 5) is 12.8. The molecule has 1 unspecified atom stereocenters. The van der Waals surface area contributed by atoms with Crippen LogP contribution in [0.15, 0.2) is 0 Å². The maximum absolute atomic E-state index is 11.5. The van der Waals surface area contributed by atoms with Crippen LogP contribution in [0.3, 0.4) is 0 Å². The van der Waals surface area contributed by atoms with Crippen LogP contribution in [0.25, 0.3) is 0 Å². The summed E-state index contributed by atoms with van der Waals surface area (Å²) in [6, 6.07) is 0.275. The number of nitrogens with zero attached hydrogens (tertiary/aromatic N) is 2. The second kappa shape index (κ2) is 7.86. The molecule has 0 radical (unpaired) electrons. The average molecular weight is 275 g/mol. The molecule has 7 heteroatoms. The zero-order valence-corrected chi connectivity index (χ0v) is 12.7. The van der Waals surface area contributed by atoms with E-state index in [4.69, 9.17) is 12.2 Å². The molecule has 104 valence electrons. The monoisotopic (exact) mass is 275 g/mol. The third-order valence-corrected chi connectivity index (χ3v) is 2.62. The number of carbonyl (C=O) groups is 1. The van der Waals surface area contributed by atoms with Gasteiger partial charge in [0, 0.05) is 6.04 Å². The van der Waals surface area contributed by atoms with E-state index in [0.717, 1.165) is 6.42 Å². The van der Waals surface area contributed by atoms with Crippen LogP contribution in [-0.2, 0) is 4.74 Å². The third-order valence-electron chi connectivity index (χ3n) is 2.40. The maximum atomic E-state index is 11.5. The first-order valence-corrected chi connectivity index (χ1v) is 6.17. The Hall–Kier alpha value is -1.37. The summed E-state index contributed by atoms with van der Waals surface area (Å²) in [5.41, 5.74) is 0. The Labute approximate surface area is 114 Å². The fourth-order valence-electron chi connectivity index (χ4n) is 1.18. The zero-order valence-electron chi connectivity index (χ0n) is 11.9. The smallest absolute Gasteiger partial charge is 0.441 e. The quantitative estimate of drug-likeness (QED) is 0.334. The molecular weight excluding hydrogens is 252 g/mol. The number of carbonyl (C=O) groups excluding carboxylic acids is 1. The van der Waals surface area contributed by atoms with Crippen molar-refractivity contribution in [3.63, 3.8) is 0 Å². The van der Waals surface area contributed by atoms with Crippen LogP contribution in [0, 0.1) is 0 Å². The highest BCUT2D eigenvalue weighted by Crippen LogP contribution is 1.91. The van der Waals surface area contributed by atoms with E-state index in [1.165, 1.54) is 12.0 Å². The lowest BCUT2D eigenvalue weighted by atomic mass is 10.3. The SMILES string of the molecule is CCC(C)NC(=S)NC(N(C)C(=O)OC)=[N+](C)C. The van der Waals surface area contributed by atoms with Crippen molar-refractivity contribution in [2.75, 3.05) is 28.3 Å². The second-order valence-electron chi connectivity index (χ2n) is 4.15. The molecule has 0 spiro atoms. The number of hydrogen-bond donors (Lipinski definition) is 2. The molecule has 2 N–H and O–H groups in total. The number of methoxy groups -OCH3 is 1. The van der Waals surface area contributed by atoms with Gasteiger partial charge in [0.2, 0.25) is 5.11 Å². The largest absolute Gasteiger partial charge is 0.478 e. The van der Waals surface area contributed by atoms with Gasteiger partial charge in [0.15, 0.2) is 0 Å². The Kier molecular flexibility index (Phi) is 7.26. The molecule has 1 amide bonds. The van der Waals surface area contributed by atoms with Crippen molar-refractivity contribution in [3.8, 4) is 0 Å². The maximum Gasteiger partial charge on any atom is 0.478 e. The predicted octanol–water partition coefficient (Wildman–Crippen LogP) is 0.575. The Morgan fingerprint density at radius 2 is 2.06 bits per heavy atom. The van der Waals surface area contributed by atoms with Crippen molar-refractivity contribution in [1.82, 2.24) is 15.5 Å². The fourth-order valence-corrected chi connectivity index (χ4v) is 1.48. The van der Waals surface area contributed by atoms with E-state index in [9.17, 15) is 4.79 Å². The van der Waals surface area contributed by atoms with Crippen LogP contribution >= 0.6 is 12.2 Å². The minimum Gasteiger partial charge on any atom is -0.441 e. The number of ether oxygens (including phenoxy) is 1. The molecule has 0 aliphatic rings. The Bertz CT molecular complexity index is 340. The molecule has 0 aliphatic heterocycles. The summed E-state index contributed by atoms with van der Waals surface area (Å²) in [5, 5.41) is 6.58. The van der Waals surface area contributed by atoms with E-state index < -0.39 is 6.09 Å². The van der Waals surface area contributed by atoms with Crippen molar-refractivity contribution < 1.29 is 14.1 Å². The highest BCUT2D eigenvalue weighted by atomic mass is 32.1. The van der Waals surface area contributed by atoms with Gasteiger partial charge >= 0.3 is 12.1 Å². The zero-order chi connectivity index (χ0) is 14.3. The van der Waals surface area contributed by atoms with E-state index in [0.29, 0.717) is 11.1 Å². The summed E-state index contributed by atoms with van der Waals surface area (Å²) in [6.45, 7) is 4.10. The van der Waals surface area contributed by atoms with Gasteiger partial charge in [-0.3, -0.25) is 4.58 Å². The topological polar surface area (TPSA) is 56.6 Å². The van der Waals surface area contributed by atoms with Gasteiger partial charge in [-0.1, -0.05) is 6.92 Å².